The van der Waals surface area contributed by atoms with Gasteiger partial charge >= 0.3 is 5.97 Å². The second kappa shape index (κ2) is 5.19. The molecule has 1 aliphatic carbocycles. The number of carbonyl (C=O) groups is 3. The normalized spacial score (nSPS) is 23.3. The van der Waals surface area contributed by atoms with Crippen LogP contribution in [0.4, 0.5) is 0 Å². The first-order valence-corrected chi connectivity index (χ1v) is 7.31. The predicted molar refractivity (Wildman–Crippen MR) is 83.7 cm³/mol. The highest BCUT2D eigenvalue weighted by Crippen LogP contribution is 2.45. The summed E-state index contributed by atoms with van der Waals surface area (Å²) in [6.45, 7) is 5.66. The fourth-order valence-corrected chi connectivity index (χ4v) is 3.42. The molecule has 1 amide bonds. The third-order valence-corrected chi connectivity index (χ3v) is 4.59. The van der Waals surface area contributed by atoms with Gasteiger partial charge in [0.25, 0.3) is 5.91 Å². The third-order valence-electron chi connectivity index (χ3n) is 4.59. The molecular weight excluding hydrogens is 294 g/mol. The van der Waals surface area contributed by atoms with Gasteiger partial charge in [-0.2, -0.15) is 0 Å². The van der Waals surface area contributed by atoms with Gasteiger partial charge < -0.3 is 9.64 Å². The summed E-state index contributed by atoms with van der Waals surface area (Å²) in [5.74, 6) is -0.937. The average Bonchev–Trinajstić information content (AvgIpc) is 3.02. The number of ether oxygens (including phenoxy) is 1. The Morgan fingerprint density at radius 1 is 1.26 bits per heavy atom. The van der Waals surface area contributed by atoms with E-state index in [2.05, 4.69) is 6.58 Å². The predicted octanol–water partition coefficient (Wildman–Crippen LogP) is 1.90. The second-order valence-corrected chi connectivity index (χ2v) is 5.88. The van der Waals surface area contributed by atoms with E-state index in [9.17, 15) is 14.4 Å². The van der Waals surface area contributed by atoms with Crippen molar-refractivity contribution >= 4 is 17.7 Å². The van der Waals surface area contributed by atoms with Crippen molar-refractivity contribution in [1.29, 1.82) is 0 Å². The fourth-order valence-electron chi connectivity index (χ4n) is 3.42. The molecule has 0 saturated heterocycles. The number of hydrogen-bond acceptors (Lipinski definition) is 4. The third kappa shape index (κ3) is 2.04. The van der Waals surface area contributed by atoms with Gasteiger partial charge in [0.1, 0.15) is 0 Å². The lowest BCUT2D eigenvalue weighted by Crippen LogP contribution is -2.54. The first kappa shape index (κ1) is 15.2. The smallest absolute Gasteiger partial charge is 0.336 e. The molecule has 0 spiro atoms. The number of ketones is 1. The zero-order valence-corrected chi connectivity index (χ0v) is 13.1. The van der Waals surface area contributed by atoms with E-state index in [0.717, 1.165) is 5.57 Å². The van der Waals surface area contributed by atoms with Crippen molar-refractivity contribution in [3.05, 3.63) is 59.2 Å². The molecule has 1 heterocycles. The standard InChI is InChI=1S/C18H17NO4/c1-11-14(20)9-13-10-19(16(21)12-7-5-4-6-8-12)18(2,15(11)13)17(22)23-3/h4-8H,1,9-10H2,2-3H3/t18-/m1/s1. The van der Waals surface area contributed by atoms with E-state index in [-0.39, 0.29) is 24.7 Å². The average molecular weight is 311 g/mol. The molecule has 0 N–H and O–H groups in total. The van der Waals surface area contributed by atoms with Gasteiger partial charge in [-0.25, -0.2) is 4.79 Å². The zero-order chi connectivity index (χ0) is 16.8. The van der Waals surface area contributed by atoms with Crippen LogP contribution >= 0.6 is 0 Å². The molecule has 0 aromatic heterocycles. The topological polar surface area (TPSA) is 63.7 Å². The molecule has 0 fully saturated rings. The van der Waals surface area contributed by atoms with E-state index in [4.69, 9.17) is 4.74 Å². The number of Topliss-reactive ketones (excluding diaryl/α,β-unsaturated/α-hetero) is 1. The Labute approximate surface area is 134 Å². The van der Waals surface area contributed by atoms with E-state index in [0.29, 0.717) is 16.7 Å². The van der Waals surface area contributed by atoms with E-state index in [1.807, 2.05) is 6.07 Å². The van der Waals surface area contributed by atoms with Crippen molar-refractivity contribution in [2.24, 2.45) is 0 Å². The number of methoxy groups -OCH3 is 1. The zero-order valence-electron chi connectivity index (χ0n) is 13.1. The van der Waals surface area contributed by atoms with Crippen molar-refractivity contribution in [1.82, 2.24) is 4.90 Å². The number of rotatable bonds is 2. The Hall–Kier alpha value is -2.69. The van der Waals surface area contributed by atoms with Crippen LogP contribution in [0.5, 0.6) is 0 Å². The van der Waals surface area contributed by atoms with Crippen LogP contribution in [0.2, 0.25) is 0 Å². The molecule has 1 aromatic rings. The Kier molecular flexibility index (Phi) is 3.43. The van der Waals surface area contributed by atoms with Crippen LogP contribution in [0.25, 0.3) is 0 Å². The lowest BCUT2D eigenvalue weighted by molar-refractivity contribution is -0.149. The van der Waals surface area contributed by atoms with Gasteiger partial charge in [-0.1, -0.05) is 24.8 Å². The molecule has 5 nitrogen and oxygen atoms in total. The molecule has 0 bridgehead atoms. The van der Waals surface area contributed by atoms with E-state index < -0.39 is 11.5 Å². The largest absolute Gasteiger partial charge is 0.467 e. The second-order valence-electron chi connectivity index (χ2n) is 5.88. The van der Waals surface area contributed by atoms with Crippen molar-refractivity contribution in [2.45, 2.75) is 18.9 Å². The highest BCUT2D eigenvalue weighted by molar-refractivity contribution is 6.10. The summed E-state index contributed by atoms with van der Waals surface area (Å²) in [4.78, 5) is 38.8. The molecule has 0 unspecified atom stereocenters. The SMILES string of the molecule is C=C1C(=O)CC2=C1[C@](C)(C(=O)OC)N(C(=O)c1ccccc1)C2. The number of esters is 1. The molecule has 5 heteroatoms. The van der Waals surface area contributed by atoms with Crippen LogP contribution in [0.15, 0.2) is 53.6 Å². The monoisotopic (exact) mass is 311 g/mol. The van der Waals surface area contributed by atoms with Gasteiger partial charge in [-0.05, 0) is 24.6 Å². The molecule has 118 valence electrons. The van der Waals surface area contributed by atoms with Gasteiger partial charge in [0.15, 0.2) is 11.3 Å². The van der Waals surface area contributed by atoms with Crippen LogP contribution < -0.4 is 0 Å². The maximum absolute atomic E-state index is 12.9. The molecule has 1 aliphatic heterocycles. The Morgan fingerprint density at radius 3 is 2.52 bits per heavy atom. The molecule has 1 aromatic carbocycles. The number of benzene rings is 1. The molecule has 0 saturated carbocycles. The lowest BCUT2D eigenvalue weighted by Gasteiger charge is -2.35. The number of hydrogen-bond donors (Lipinski definition) is 0. The lowest BCUT2D eigenvalue weighted by atomic mass is 9.88. The number of amides is 1. The molecule has 23 heavy (non-hydrogen) atoms. The minimum absolute atomic E-state index is 0.100. The van der Waals surface area contributed by atoms with Crippen molar-refractivity contribution in [3.8, 4) is 0 Å². The summed E-state index contributed by atoms with van der Waals surface area (Å²) >= 11 is 0. The van der Waals surface area contributed by atoms with Crippen LogP contribution in [-0.2, 0) is 14.3 Å². The quantitative estimate of drug-likeness (QED) is 0.618. The first-order valence-electron chi connectivity index (χ1n) is 7.31. The van der Waals surface area contributed by atoms with Crippen molar-refractivity contribution in [2.75, 3.05) is 13.7 Å². The summed E-state index contributed by atoms with van der Waals surface area (Å²) in [7, 11) is 1.27. The Bertz CT molecular complexity index is 762. The number of carbonyl (C=O) groups excluding carboxylic acids is 3. The summed E-state index contributed by atoms with van der Waals surface area (Å²) in [5.41, 5.74) is 0.785. The molecular formula is C18H17NO4. The van der Waals surface area contributed by atoms with Gasteiger partial charge in [-0.3, -0.25) is 9.59 Å². The van der Waals surface area contributed by atoms with Gasteiger partial charge in [0.2, 0.25) is 0 Å². The van der Waals surface area contributed by atoms with E-state index in [1.54, 1.807) is 31.2 Å². The maximum atomic E-state index is 12.9. The highest BCUT2D eigenvalue weighted by atomic mass is 16.5. The van der Waals surface area contributed by atoms with E-state index >= 15 is 0 Å². The maximum Gasteiger partial charge on any atom is 0.336 e. The summed E-state index contributed by atoms with van der Waals surface area (Å²) < 4.78 is 4.93. The highest BCUT2D eigenvalue weighted by Gasteiger charge is 2.55. The molecule has 1 atom stereocenters. The van der Waals surface area contributed by atoms with Gasteiger partial charge in [-0.15, -0.1) is 0 Å². The molecule has 0 radical (unpaired) electrons. The van der Waals surface area contributed by atoms with Crippen LogP contribution in [0.3, 0.4) is 0 Å². The van der Waals surface area contributed by atoms with Crippen molar-refractivity contribution in [3.63, 3.8) is 0 Å². The molecule has 2 aliphatic rings. The minimum Gasteiger partial charge on any atom is -0.467 e. The Morgan fingerprint density at radius 2 is 1.91 bits per heavy atom. The Balaban J connectivity index is 2.07. The first-order chi connectivity index (χ1) is 10.9. The minimum atomic E-state index is -1.32. The number of likely N-dealkylation sites (tertiary alicyclic amines) is 1. The van der Waals surface area contributed by atoms with Crippen molar-refractivity contribution < 1.29 is 19.1 Å². The van der Waals surface area contributed by atoms with Gasteiger partial charge in [0.05, 0.1) is 7.11 Å². The summed E-state index contributed by atoms with van der Waals surface area (Å²) in [5, 5.41) is 0. The molecule has 3 rings (SSSR count). The number of nitrogens with zero attached hydrogens (tertiary/aromatic N) is 1. The van der Waals surface area contributed by atoms with Crippen LogP contribution in [-0.4, -0.2) is 41.8 Å². The van der Waals surface area contributed by atoms with Gasteiger partial charge in [0, 0.05) is 29.7 Å². The van der Waals surface area contributed by atoms with E-state index in [1.165, 1.54) is 12.0 Å². The summed E-state index contributed by atoms with van der Waals surface area (Å²) in [6, 6.07) is 8.75. The fraction of sp³-hybridized carbons (Fsp3) is 0.278. The van der Waals surface area contributed by atoms with Crippen LogP contribution in [0, 0.1) is 0 Å². The summed E-state index contributed by atoms with van der Waals surface area (Å²) in [6.07, 6.45) is 0.208. The van der Waals surface area contributed by atoms with Crippen LogP contribution in [0.1, 0.15) is 23.7 Å².